The largest absolute Gasteiger partial charge is 0.300 e. The van der Waals surface area contributed by atoms with E-state index < -0.39 is 34.2 Å². The summed E-state index contributed by atoms with van der Waals surface area (Å²) in [4.78, 5) is 4.04. The van der Waals surface area contributed by atoms with Crippen molar-refractivity contribution in [2.45, 2.75) is 25.3 Å². The molecule has 0 aliphatic carbocycles. The Morgan fingerprint density at radius 2 is 1.58 bits per heavy atom. The molecule has 7 heteroatoms. The lowest BCUT2D eigenvalue weighted by Gasteiger charge is -2.37. The van der Waals surface area contributed by atoms with Gasteiger partial charge in [-0.3, -0.25) is 4.99 Å². The van der Waals surface area contributed by atoms with E-state index >= 15 is 0 Å². The second-order valence-electron chi connectivity index (χ2n) is 6.66. The van der Waals surface area contributed by atoms with Gasteiger partial charge in [0.15, 0.2) is 0 Å². The fourth-order valence-electron chi connectivity index (χ4n) is 3.09. The molecule has 0 N–H and O–H groups in total. The molecule has 26 heavy (non-hydrogen) atoms. The van der Waals surface area contributed by atoms with E-state index in [1.165, 1.54) is 13.8 Å². The zero-order valence-corrected chi connectivity index (χ0v) is 13.9. The van der Waals surface area contributed by atoms with Gasteiger partial charge in [-0.2, -0.15) is 8.78 Å². The molecule has 2 aromatic carbocycles. The monoisotopic (exact) mass is 359 g/mol. The molecule has 132 valence electrons. The Bertz CT molecular complexity index is 1070. The van der Waals surface area contributed by atoms with E-state index in [2.05, 4.69) is 15.2 Å². The molecule has 0 saturated carbocycles. The number of fused-ring (bicyclic) bond motifs is 2. The van der Waals surface area contributed by atoms with Crippen molar-refractivity contribution in [3.8, 4) is 0 Å². The van der Waals surface area contributed by atoms with E-state index in [0.29, 0.717) is 17.0 Å². The molecular weight excluding hydrogens is 346 g/mol. The number of benzene rings is 2. The van der Waals surface area contributed by atoms with E-state index in [9.17, 15) is 17.6 Å². The first-order valence-corrected chi connectivity index (χ1v) is 7.92. The van der Waals surface area contributed by atoms with Crippen LogP contribution in [0.4, 0.5) is 17.6 Å². The number of nitrogens with zero attached hydrogens (tertiary/aromatic N) is 3. The third-order valence-electron chi connectivity index (χ3n) is 4.55. The molecule has 0 saturated heterocycles. The summed E-state index contributed by atoms with van der Waals surface area (Å²) < 4.78 is 58.4. The molecule has 3 nitrogen and oxygen atoms in total. The maximum Gasteiger partial charge on any atom is 0.300 e. The normalized spacial score (nSPS) is 17.7. The van der Waals surface area contributed by atoms with Crippen LogP contribution in [0, 0.1) is 11.6 Å². The maximum atomic E-state index is 14.8. The molecule has 0 amide bonds. The van der Waals surface area contributed by atoms with Gasteiger partial charge in [-0.15, -0.1) is 10.2 Å². The van der Waals surface area contributed by atoms with Crippen molar-refractivity contribution in [3.63, 3.8) is 0 Å². The van der Waals surface area contributed by atoms with Gasteiger partial charge in [-0.05, 0) is 38.1 Å². The standard InChI is InChI=1S/C19H13F4N3/c1-18(2)19(22,23)16-12(21)8-7-11(20)15(16)17(24-18)14-9-10-5-3-4-6-13(10)25-26-14/h3-9H,1-2H3. The van der Waals surface area contributed by atoms with Crippen LogP contribution in [0.2, 0.25) is 0 Å². The van der Waals surface area contributed by atoms with Gasteiger partial charge >= 0.3 is 5.92 Å². The van der Waals surface area contributed by atoms with Crippen molar-refractivity contribution < 1.29 is 17.6 Å². The molecule has 1 aromatic heterocycles. The van der Waals surface area contributed by atoms with Crippen molar-refractivity contribution in [2.75, 3.05) is 0 Å². The van der Waals surface area contributed by atoms with E-state index in [4.69, 9.17) is 0 Å². The first-order valence-electron chi connectivity index (χ1n) is 7.92. The van der Waals surface area contributed by atoms with Crippen molar-refractivity contribution in [2.24, 2.45) is 4.99 Å². The first kappa shape index (κ1) is 16.6. The molecule has 0 atom stereocenters. The number of halogens is 4. The van der Waals surface area contributed by atoms with Crippen molar-refractivity contribution in [3.05, 3.63) is 70.9 Å². The Morgan fingerprint density at radius 3 is 2.35 bits per heavy atom. The topological polar surface area (TPSA) is 38.1 Å². The average molecular weight is 359 g/mol. The predicted octanol–water partition coefficient (Wildman–Crippen LogP) is 4.63. The minimum atomic E-state index is -3.68. The van der Waals surface area contributed by atoms with Crippen molar-refractivity contribution in [1.82, 2.24) is 10.2 Å². The second-order valence-corrected chi connectivity index (χ2v) is 6.66. The third kappa shape index (κ3) is 2.23. The number of aromatic nitrogens is 2. The van der Waals surface area contributed by atoms with Gasteiger partial charge in [0.25, 0.3) is 0 Å². The molecule has 1 aliphatic rings. The molecule has 3 aromatic rings. The first-order chi connectivity index (χ1) is 12.2. The van der Waals surface area contributed by atoms with Crippen LogP contribution in [-0.2, 0) is 5.92 Å². The number of aliphatic imine (C=N–C) groups is 1. The number of hydrogen-bond donors (Lipinski definition) is 0. The van der Waals surface area contributed by atoms with Crippen LogP contribution in [0.3, 0.4) is 0 Å². The molecule has 4 rings (SSSR count). The highest BCUT2D eigenvalue weighted by Gasteiger charge is 2.55. The molecule has 0 bridgehead atoms. The van der Waals surface area contributed by atoms with Crippen molar-refractivity contribution >= 4 is 16.6 Å². The highest BCUT2D eigenvalue weighted by molar-refractivity contribution is 6.14. The molecular formula is C19H13F4N3. The molecule has 0 spiro atoms. The van der Waals surface area contributed by atoms with E-state index in [1.807, 2.05) is 0 Å². The minimum absolute atomic E-state index is 0.109. The van der Waals surface area contributed by atoms with Gasteiger partial charge in [0.05, 0.1) is 22.4 Å². The molecule has 1 aliphatic heterocycles. The lowest BCUT2D eigenvalue weighted by molar-refractivity contribution is -0.0713. The molecule has 2 heterocycles. The van der Waals surface area contributed by atoms with Gasteiger partial charge in [0.1, 0.15) is 22.9 Å². The summed E-state index contributed by atoms with van der Waals surface area (Å²) in [5.41, 5.74) is -2.97. The average Bonchev–Trinajstić information content (AvgIpc) is 2.60. The summed E-state index contributed by atoms with van der Waals surface area (Å²) in [6.07, 6.45) is 0. The summed E-state index contributed by atoms with van der Waals surface area (Å²) in [6, 6.07) is 10.2. The number of hydrogen-bond acceptors (Lipinski definition) is 3. The van der Waals surface area contributed by atoms with E-state index in [0.717, 1.165) is 6.07 Å². The fraction of sp³-hybridized carbons (Fsp3) is 0.211. The van der Waals surface area contributed by atoms with Gasteiger partial charge in [-0.1, -0.05) is 18.2 Å². The SMILES string of the molecule is CC1(C)N=C(c2cc3ccccc3nn2)c2c(F)ccc(F)c2C1(F)F. The van der Waals surface area contributed by atoms with Gasteiger partial charge in [0.2, 0.25) is 0 Å². The van der Waals surface area contributed by atoms with Crippen LogP contribution in [0.15, 0.2) is 47.5 Å². The number of rotatable bonds is 1. The highest BCUT2D eigenvalue weighted by atomic mass is 19.3. The summed E-state index contributed by atoms with van der Waals surface area (Å²) >= 11 is 0. The Morgan fingerprint density at radius 1 is 0.885 bits per heavy atom. The van der Waals surface area contributed by atoms with Crippen LogP contribution < -0.4 is 0 Å². The van der Waals surface area contributed by atoms with Gasteiger partial charge < -0.3 is 0 Å². The lowest BCUT2D eigenvalue weighted by atomic mass is 9.81. The molecule has 0 fully saturated rings. The van der Waals surface area contributed by atoms with Crippen LogP contribution in [-0.4, -0.2) is 21.4 Å². The maximum absolute atomic E-state index is 14.8. The summed E-state index contributed by atoms with van der Waals surface area (Å²) in [5.74, 6) is -5.84. The molecule has 0 unspecified atom stereocenters. The van der Waals surface area contributed by atoms with Gasteiger partial charge in [-0.25, -0.2) is 8.78 Å². The Balaban J connectivity index is 2.05. The van der Waals surface area contributed by atoms with Crippen LogP contribution in [0.5, 0.6) is 0 Å². The fourth-order valence-corrected chi connectivity index (χ4v) is 3.09. The Kier molecular flexibility index (Phi) is 3.41. The van der Waals surface area contributed by atoms with E-state index in [-0.39, 0.29) is 11.4 Å². The van der Waals surface area contributed by atoms with Crippen LogP contribution in [0.25, 0.3) is 10.9 Å². The second kappa shape index (κ2) is 5.33. The predicted molar refractivity (Wildman–Crippen MR) is 89.5 cm³/mol. The summed E-state index contributed by atoms with van der Waals surface area (Å²) in [7, 11) is 0. The Hall–Kier alpha value is -2.83. The lowest BCUT2D eigenvalue weighted by Crippen LogP contribution is -2.45. The summed E-state index contributed by atoms with van der Waals surface area (Å²) in [6.45, 7) is 2.35. The smallest absolute Gasteiger partial charge is 0.270 e. The summed E-state index contributed by atoms with van der Waals surface area (Å²) in [5, 5.41) is 8.72. The Labute approximate surface area is 146 Å². The van der Waals surface area contributed by atoms with E-state index in [1.54, 1.807) is 30.3 Å². The minimum Gasteiger partial charge on any atom is -0.270 e. The van der Waals surface area contributed by atoms with Gasteiger partial charge in [0, 0.05) is 5.39 Å². The van der Waals surface area contributed by atoms with Crippen LogP contribution >= 0.6 is 0 Å². The van der Waals surface area contributed by atoms with Crippen LogP contribution in [0.1, 0.15) is 30.7 Å². The quantitative estimate of drug-likeness (QED) is 0.594. The number of alkyl halides is 2. The third-order valence-corrected chi connectivity index (χ3v) is 4.55. The molecule has 0 radical (unpaired) electrons. The highest BCUT2D eigenvalue weighted by Crippen LogP contribution is 2.48. The zero-order chi connectivity index (χ0) is 18.7. The zero-order valence-electron chi connectivity index (χ0n) is 13.9. The van der Waals surface area contributed by atoms with Crippen molar-refractivity contribution in [1.29, 1.82) is 0 Å².